The van der Waals surface area contributed by atoms with Crippen LogP contribution in [0, 0.1) is 0 Å². The van der Waals surface area contributed by atoms with Crippen molar-refractivity contribution < 1.29 is 24.6 Å². The van der Waals surface area contributed by atoms with E-state index < -0.39 is 27.3 Å². The number of carboxylic acid groups (broad SMARTS) is 1. The summed E-state index contributed by atoms with van der Waals surface area (Å²) in [4.78, 5) is 37.2. The molecule has 258 valence electrons. The molecule has 0 aromatic carbocycles. The van der Waals surface area contributed by atoms with Crippen LogP contribution in [0.15, 0.2) is 12.2 Å². The summed E-state index contributed by atoms with van der Waals surface area (Å²) in [5.74, 6) is -1.58. The Kier molecular flexibility index (Phi) is 32.2. The monoisotopic (exact) mass is 639 g/mol. The maximum atomic E-state index is 12.9. The number of carboxylic acids is 1. The highest BCUT2D eigenvalue weighted by atomic mass is 31.1. The molecule has 0 saturated carbocycles. The molecule has 0 radical (unpaired) electrons. The van der Waals surface area contributed by atoms with Gasteiger partial charge in [0.25, 0.3) is 0 Å². The number of unbranched alkanes of at least 4 members (excludes halogenated alkanes) is 23. The lowest BCUT2D eigenvalue weighted by molar-refractivity contribution is -0.147. The number of aliphatic carboxylic acids is 1. The Balaban J connectivity index is 4.06. The highest BCUT2D eigenvalue weighted by molar-refractivity contribution is 7.56. The second-order valence-electron chi connectivity index (χ2n) is 12.7. The van der Waals surface area contributed by atoms with Gasteiger partial charge >= 0.3 is 5.97 Å². The van der Waals surface area contributed by atoms with E-state index in [0.29, 0.717) is 12.8 Å². The van der Waals surface area contributed by atoms with Crippen molar-refractivity contribution in [3.8, 4) is 0 Å². The van der Waals surface area contributed by atoms with Gasteiger partial charge in [0.1, 0.15) is 0 Å². The zero-order valence-corrected chi connectivity index (χ0v) is 29.8. The Labute approximate surface area is 273 Å². The largest absolute Gasteiger partial charge is 0.480 e. The summed E-state index contributed by atoms with van der Waals surface area (Å²) in [6.07, 6.45) is 36.4. The summed E-state index contributed by atoms with van der Waals surface area (Å²) in [5, 5.41) is 19.2. The van der Waals surface area contributed by atoms with Crippen molar-refractivity contribution >= 4 is 26.1 Å². The molecule has 0 aliphatic heterocycles. The molecule has 0 fully saturated rings. The highest BCUT2D eigenvalue weighted by Gasteiger charge is 2.30. The number of rotatable bonds is 34. The van der Waals surface area contributed by atoms with E-state index in [2.05, 4.69) is 26.0 Å². The molecule has 0 bridgehead atoms. The van der Waals surface area contributed by atoms with E-state index in [4.69, 9.17) is 0 Å². The first-order chi connectivity index (χ1) is 21.5. The number of aliphatic hydroxyl groups excluding tert-OH is 1. The second-order valence-corrected chi connectivity index (χ2v) is 13.9. The van der Waals surface area contributed by atoms with Gasteiger partial charge in [-0.25, -0.2) is 4.79 Å². The molecule has 0 heterocycles. The topological polar surface area (TPSA) is 94.9 Å². The van der Waals surface area contributed by atoms with E-state index in [0.717, 1.165) is 49.6 Å². The number of hydrogen-bond donors (Lipinski definition) is 2. The molecule has 2 unspecified atom stereocenters. The summed E-state index contributed by atoms with van der Waals surface area (Å²) < 4.78 is 1.13. The minimum absolute atomic E-state index is 0.0963. The number of hydrogen-bond acceptors (Lipinski definition) is 4. The fourth-order valence-corrected chi connectivity index (χ4v) is 6.69. The molecule has 1 amide bonds. The molecule has 0 aliphatic rings. The fraction of sp³-hybridized carbons (Fsp3) is 0.865. The maximum absolute atomic E-state index is 12.9. The molecule has 0 rings (SSSR count). The van der Waals surface area contributed by atoms with Gasteiger partial charge in [0.2, 0.25) is 5.91 Å². The van der Waals surface area contributed by atoms with Crippen molar-refractivity contribution in [3.63, 3.8) is 0 Å². The summed E-state index contributed by atoms with van der Waals surface area (Å²) >= 11 is 0. The van der Waals surface area contributed by atoms with Crippen LogP contribution in [-0.2, 0) is 14.4 Å². The summed E-state index contributed by atoms with van der Waals surface area (Å²) in [6.45, 7) is 3.82. The molecule has 0 aromatic heterocycles. The molecular formula is C37H70NO5P. The molecule has 2 N–H and O–H groups in total. The highest BCUT2D eigenvalue weighted by Crippen LogP contribution is 2.27. The second kappa shape index (κ2) is 33.1. The quantitative estimate of drug-likeness (QED) is 0.0415. The number of carbonyl (C=O) groups excluding carboxylic acids is 2. The third kappa shape index (κ3) is 27.1. The Bertz CT molecular complexity index is 714. The Morgan fingerprint density at radius 2 is 0.932 bits per heavy atom. The van der Waals surface area contributed by atoms with Gasteiger partial charge in [0.15, 0.2) is 11.6 Å². The normalized spacial score (nSPS) is 12.4. The van der Waals surface area contributed by atoms with Crippen LogP contribution in [-0.4, -0.2) is 44.9 Å². The summed E-state index contributed by atoms with van der Waals surface area (Å²) in [7, 11) is -0.526. The third-order valence-corrected chi connectivity index (χ3v) is 9.74. The predicted octanol–water partition coefficient (Wildman–Crippen LogP) is 10.9. The maximum Gasteiger partial charge on any atom is 0.329 e. The predicted molar refractivity (Wildman–Crippen MR) is 188 cm³/mol. The van der Waals surface area contributed by atoms with Gasteiger partial charge in [0.05, 0.1) is 15.3 Å². The van der Waals surface area contributed by atoms with E-state index >= 15 is 0 Å². The van der Waals surface area contributed by atoms with Crippen LogP contribution in [0.5, 0.6) is 0 Å². The Morgan fingerprint density at radius 1 is 0.568 bits per heavy atom. The van der Waals surface area contributed by atoms with E-state index in [-0.39, 0.29) is 17.9 Å². The molecule has 7 heteroatoms. The standard InChI is InChI=1S/C37H70NO5P/c1-3-5-7-9-11-13-15-17-18-20-22-24-26-28-30-32-36(41)44-38(34(33-39)37(42)43)35(40)31-29-27-25-23-21-19-16-14-12-10-8-6-4-2/h17-18,34,39,44H,3-16,19-33H2,1-2H3,(H,42,43)/b18-17-. The Hall–Kier alpha value is -1.26. The summed E-state index contributed by atoms with van der Waals surface area (Å²) in [6, 6.07) is -1.35. The van der Waals surface area contributed by atoms with Gasteiger partial charge in [-0.2, -0.15) is 0 Å². The average Bonchev–Trinajstić information content (AvgIpc) is 3.01. The number of carbonyl (C=O) groups is 3. The van der Waals surface area contributed by atoms with Crippen LogP contribution in [0.4, 0.5) is 0 Å². The lowest BCUT2D eigenvalue weighted by Crippen LogP contribution is -2.43. The smallest absolute Gasteiger partial charge is 0.329 e. The molecule has 2 atom stereocenters. The first-order valence-electron chi connectivity index (χ1n) is 18.6. The van der Waals surface area contributed by atoms with Gasteiger partial charge in [0, 0.05) is 12.8 Å². The van der Waals surface area contributed by atoms with Gasteiger partial charge in [-0.05, 0) is 38.5 Å². The van der Waals surface area contributed by atoms with E-state index in [1.807, 2.05) is 0 Å². The van der Waals surface area contributed by atoms with E-state index in [1.165, 1.54) is 116 Å². The van der Waals surface area contributed by atoms with Crippen LogP contribution in [0.3, 0.4) is 0 Å². The minimum Gasteiger partial charge on any atom is -0.480 e. The zero-order valence-electron chi connectivity index (χ0n) is 28.8. The van der Waals surface area contributed by atoms with E-state index in [9.17, 15) is 24.6 Å². The van der Waals surface area contributed by atoms with Crippen molar-refractivity contribution in [1.29, 1.82) is 0 Å². The number of nitrogens with zero attached hydrogens (tertiary/aromatic N) is 1. The van der Waals surface area contributed by atoms with Crippen molar-refractivity contribution in [1.82, 2.24) is 4.67 Å². The van der Waals surface area contributed by atoms with Crippen LogP contribution >= 0.6 is 8.73 Å². The molecule has 0 spiro atoms. The molecule has 6 nitrogen and oxygen atoms in total. The minimum atomic E-state index is -1.35. The average molecular weight is 640 g/mol. The SMILES string of the molecule is CCCCCCCC/C=C\CCCCCCCC(=O)PN(C(=O)CCCCCCCCCCCCCCC)C(CO)C(=O)O. The molecule has 0 saturated heterocycles. The van der Waals surface area contributed by atoms with Crippen LogP contribution < -0.4 is 0 Å². The summed E-state index contributed by atoms with van der Waals surface area (Å²) in [5.41, 5.74) is -0.0963. The zero-order chi connectivity index (χ0) is 32.5. The van der Waals surface area contributed by atoms with Crippen molar-refractivity contribution in [2.24, 2.45) is 0 Å². The number of allylic oxidation sites excluding steroid dienone is 2. The van der Waals surface area contributed by atoms with Gasteiger partial charge < -0.3 is 14.9 Å². The fourth-order valence-electron chi connectivity index (χ4n) is 5.55. The first kappa shape index (κ1) is 42.7. The van der Waals surface area contributed by atoms with Crippen LogP contribution in [0.25, 0.3) is 0 Å². The lowest BCUT2D eigenvalue weighted by Gasteiger charge is -2.27. The number of amides is 1. The van der Waals surface area contributed by atoms with Crippen molar-refractivity contribution in [3.05, 3.63) is 12.2 Å². The number of aliphatic hydroxyl groups is 1. The van der Waals surface area contributed by atoms with E-state index in [1.54, 1.807) is 0 Å². The Morgan fingerprint density at radius 3 is 1.32 bits per heavy atom. The van der Waals surface area contributed by atoms with Gasteiger partial charge in [-0.1, -0.05) is 154 Å². The van der Waals surface area contributed by atoms with Crippen LogP contribution in [0.2, 0.25) is 0 Å². The van der Waals surface area contributed by atoms with Crippen molar-refractivity contribution in [2.45, 2.75) is 200 Å². The lowest BCUT2D eigenvalue weighted by atomic mass is 10.0. The molecule has 44 heavy (non-hydrogen) atoms. The molecule has 0 aliphatic carbocycles. The van der Waals surface area contributed by atoms with Crippen LogP contribution in [0.1, 0.15) is 194 Å². The molecule has 0 aromatic rings. The van der Waals surface area contributed by atoms with Crippen molar-refractivity contribution in [2.75, 3.05) is 6.61 Å². The van der Waals surface area contributed by atoms with Gasteiger partial charge in [-0.15, -0.1) is 0 Å². The first-order valence-corrected chi connectivity index (χ1v) is 19.5. The van der Waals surface area contributed by atoms with Gasteiger partial charge in [-0.3, -0.25) is 9.59 Å². The third-order valence-electron chi connectivity index (χ3n) is 8.44. The molecular weight excluding hydrogens is 569 g/mol.